The highest BCUT2D eigenvalue weighted by Gasteiger charge is 2.50. The van der Waals surface area contributed by atoms with E-state index in [-0.39, 0.29) is 17.6 Å². The van der Waals surface area contributed by atoms with Crippen molar-refractivity contribution in [1.82, 2.24) is 25.1 Å². The van der Waals surface area contributed by atoms with Crippen LogP contribution in [0.4, 0.5) is 0 Å². The van der Waals surface area contributed by atoms with E-state index in [0.29, 0.717) is 35.2 Å². The van der Waals surface area contributed by atoms with E-state index in [2.05, 4.69) is 28.1 Å². The number of allylic oxidation sites excluding steroid dienone is 2. The molecule has 1 aromatic carbocycles. The first-order chi connectivity index (χ1) is 16.9. The fraction of sp³-hybridized carbons (Fsp3) is 0.333. The second kappa shape index (κ2) is 7.70. The lowest BCUT2D eigenvalue weighted by Crippen LogP contribution is -2.45. The average Bonchev–Trinajstić information content (AvgIpc) is 3.31. The number of aliphatic hydroxyl groups is 1. The molecule has 0 radical (unpaired) electrons. The number of rotatable bonds is 2. The molecule has 1 N–H and O–H groups in total. The number of pyridine rings is 1. The first-order valence-electron chi connectivity index (χ1n) is 11.8. The van der Waals surface area contributed by atoms with Gasteiger partial charge in [0.15, 0.2) is 11.6 Å². The monoisotopic (exact) mass is 464 g/mol. The largest absolute Gasteiger partial charge is 0.511 e. The van der Waals surface area contributed by atoms with E-state index < -0.39 is 5.41 Å². The third-order valence-electron chi connectivity index (χ3n) is 7.71. The van der Waals surface area contributed by atoms with Crippen LogP contribution in [0, 0.1) is 30.1 Å². The van der Waals surface area contributed by atoms with E-state index in [1.807, 2.05) is 37.3 Å². The minimum Gasteiger partial charge on any atom is -0.511 e. The van der Waals surface area contributed by atoms with Crippen LogP contribution >= 0.6 is 0 Å². The Labute approximate surface area is 202 Å². The Morgan fingerprint density at radius 3 is 2.77 bits per heavy atom. The molecule has 0 fully saturated rings. The fourth-order valence-electron chi connectivity index (χ4n) is 6.01. The molecule has 3 heterocycles. The third kappa shape index (κ3) is 3.15. The summed E-state index contributed by atoms with van der Waals surface area (Å²) in [7, 11) is 0. The second-order valence-electron chi connectivity index (χ2n) is 9.75. The summed E-state index contributed by atoms with van der Waals surface area (Å²) in [6.07, 6.45) is 3.75. The zero-order chi connectivity index (χ0) is 24.3. The third-order valence-corrected chi connectivity index (χ3v) is 7.71. The van der Waals surface area contributed by atoms with Crippen LogP contribution in [0.15, 0.2) is 52.4 Å². The molecule has 6 rings (SSSR count). The number of benzene rings is 1. The lowest BCUT2D eigenvalue weighted by Gasteiger charge is -2.48. The Kier molecular flexibility index (Phi) is 4.71. The molecule has 0 unspecified atom stereocenters. The van der Waals surface area contributed by atoms with Gasteiger partial charge in [-0.1, -0.05) is 37.2 Å². The van der Waals surface area contributed by atoms with E-state index in [1.165, 1.54) is 0 Å². The predicted molar refractivity (Wildman–Crippen MR) is 129 cm³/mol. The van der Waals surface area contributed by atoms with Crippen molar-refractivity contribution < 1.29 is 9.63 Å². The van der Waals surface area contributed by atoms with Crippen LogP contribution in [-0.2, 0) is 11.8 Å². The summed E-state index contributed by atoms with van der Waals surface area (Å²) in [6.45, 7) is 5.94. The number of nitrogens with zero attached hydrogens (tertiary/aromatic N) is 6. The van der Waals surface area contributed by atoms with Gasteiger partial charge in [0.1, 0.15) is 11.5 Å². The maximum Gasteiger partial charge on any atom is 0.276 e. The Balaban J connectivity index is 1.65. The molecule has 2 aliphatic carbocycles. The van der Waals surface area contributed by atoms with Gasteiger partial charge in [-0.3, -0.25) is 4.98 Å². The molecule has 174 valence electrons. The van der Waals surface area contributed by atoms with Crippen LogP contribution in [-0.4, -0.2) is 30.2 Å². The van der Waals surface area contributed by atoms with Crippen molar-refractivity contribution in [3.63, 3.8) is 0 Å². The summed E-state index contributed by atoms with van der Waals surface area (Å²) in [5.41, 5.74) is 4.19. The van der Waals surface area contributed by atoms with Gasteiger partial charge in [0.25, 0.3) is 5.89 Å². The lowest BCUT2D eigenvalue weighted by molar-refractivity contribution is 0.136. The highest BCUT2D eigenvalue weighted by molar-refractivity contribution is 5.92. The zero-order valence-corrected chi connectivity index (χ0v) is 19.8. The summed E-state index contributed by atoms with van der Waals surface area (Å²) >= 11 is 0. The molecule has 4 aromatic rings. The Bertz CT molecular complexity index is 1560. The normalized spacial score (nSPS) is 23.6. The highest BCUT2D eigenvalue weighted by atomic mass is 16.5. The Hall–Kier alpha value is -4.12. The van der Waals surface area contributed by atoms with Gasteiger partial charge in [-0.25, -0.2) is 9.97 Å². The molecular formula is C27H24N6O2. The van der Waals surface area contributed by atoms with Crippen molar-refractivity contribution in [2.24, 2.45) is 11.8 Å². The molecular weight excluding hydrogens is 440 g/mol. The fourth-order valence-corrected chi connectivity index (χ4v) is 6.01. The van der Waals surface area contributed by atoms with Crippen molar-refractivity contribution in [3.8, 4) is 29.0 Å². The number of aryl methyl sites for hydroxylation is 1. The van der Waals surface area contributed by atoms with E-state index in [1.54, 1.807) is 13.1 Å². The van der Waals surface area contributed by atoms with Gasteiger partial charge >= 0.3 is 0 Å². The topological polar surface area (TPSA) is 122 Å². The lowest BCUT2D eigenvalue weighted by atomic mass is 9.56. The van der Waals surface area contributed by atoms with Gasteiger partial charge in [-0.15, -0.1) is 0 Å². The minimum absolute atomic E-state index is 0.134. The van der Waals surface area contributed by atoms with E-state index in [0.717, 1.165) is 40.6 Å². The van der Waals surface area contributed by atoms with Gasteiger partial charge in [0.05, 0.1) is 22.9 Å². The Morgan fingerprint density at radius 2 is 2.00 bits per heavy atom. The van der Waals surface area contributed by atoms with Gasteiger partial charge in [0.2, 0.25) is 0 Å². The first-order valence-corrected chi connectivity index (χ1v) is 11.8. The minimum atomic E-state index is -0.450. The average molecular weight is 465 g/mol. The molecule has 0 saturated carbocycles. The maximum atomic E-state index is 10.7. The number of hydrogen-bond acceptors (Lipinski definition) is 8. The Morgan fingerprint density at radius 1 is 1.17 bits per heavy atom. The van der Waals surface area contributed by atoms with E-state index in [4.69, 9.17) is 14.5 Å². The molecule has 0 spiro atoms. The van der Waals surface area contributed by atoms with Crippen LogP contribution in [0.2, 0.25) is 0 Å². The van der Waals surface area contributed by atoms with Crippen LogP contribution < -0.4 is 0 Å². The first kappa shape index (κ1) is 21.4. The molecule has 0 aliphatic heterocycles. The maximum absolute atomic E-state index is 10.7. The number of nitriles is 1. The van der Waals surface area contributed by atoms with Gasteiger partial charge in [-0.05, 0) is 44.2 Å². The van der Waals surface area contributed by atoms with Crippen molar-refractivity contribution in [1.29, 1.82) is 5.26 Å². The van der Waals surface area contributed by atoms with Crippen LogP contribution in [0.25, 0.3) is 33.9 Å². The molecule has 8 nitrogen and oxygen atoms in total. The van der Waals surface area contributed by atoms with Gasteiger partial charge in [0, 0.05) is 34.0 Å². The summed E-state index contributed by atoms with van der Waals surface area (Å²) in [5.74, 6) is 1.67. The predicted octanol–water partition coefficient (Wildman–Crippen LogP) is 5.25. The van der Waals surface area contributed by atoms with Gasteiger partial charge in [-0.2, -0.15) is 10.2 Å². The second-order valence-corrected chi connectivity index (χ2v) is 9.75. The molecule has 0 amide bonds. The van der Waals surface area contributed by atoms with Crippen LogP contribution in [0.5, 0.6) is 0 Å². The standard InChI is InChI=1S/C27H24N6O2/c1-14-20-9-8-19-22(26-30-15(2)33-35-26)31-25(18-10-11-29-21-7-5-4-6-17(18)21)32-24(19)27(20,3)12-16(13-28)23(14)34/h4-7,10-11,14,20,34H,8-9,12H2,1-3H3/t14-,20-,27-/m1/s1. The molecule has 0 saturated heterocycles. The number of hydrogen-bond donors (Lipinski definition) is 1. The van der Waals surface area contributed by atoms with Crippen molar-refractivity contribution in [2.75, 3.05) is 0 Å². The zero-order valence-electron chi connectivity index (χ0n) is 19.8. The number of para-hydroxylation sites is 1. The SMILES string of the molecule is Cc1noc(-c2nc(-c3ccnc4ccccc34)nc3c2CC[C@@H]2[C@@H](C)C(O)=C(C#N)C[C@@]32C)n1. The molecule has 3 aromatic heterocycles. The number of aliphatic hydroxyl groups excluding tert-OH is 1. The number of aromatic nitrogens is 5. The molecule has 8 heteroatoms. The van der Waals surface area contributed by atoms with Crippen molar-refractivity contribution in [2.45, 2.75) is 45.4 Å². The van der Waals surface area contributed by atoms with E-state index >= 15 is 0 Å². The molecule has 2 aliphatic rings. The summed E-state index contributed by atoms with van der Waals surface area (Å²) in [4.78, 5) is 19.1. The summed E-state index contributed by atoms with van der Waals surface area (Å²) in [5, 5.41) is 25.4. The van der Waals surface area contributed by atoms with E-state index in [9.17, 15) is 10.4 Å². The smallest absolute Gasteiger partial charge is 0.276 e. The van der Waals surface area contributed by atoms with Crippen molar-refractivity contribution >= 4 is 10.9 Å². The van der Waals surface area contributed by atoms with Crippen molar-refractivity contribution in [3.05, 3.63) is 64.9 Å². The highest BCUT2D eigenvalue weighted by Crippen LogP contribution is 2.54. The summed E-state index contributed by atoms with van der Waals surface area (Å²) in [6, 6.07) is 12.1. The summed E-state index contributed by atoms with van der Waals surface area (Å²) < 4.78 is 5.58. The number of fused-ring (bicyclic) bond motifs is 4. The molecule has 3 atom stereocenters. The van der Waals surface area contributed by atoms with Gasteiger partial charge < -0.3 is 9.63 Å². The molecule has 35 heavy (non-hydrogen) atoms. The van der Waals surface area contributed by atoms with Crippen LogP contribution in [0.3, 0.4) is 0 Å². The molecule has 0 bridgehead atoms. The quantitative estimate of drug-likeness (QED) is 0.427. The van der Waals surface area contributed by atoms with Crippen LogP contribution in [0.1, 0.15) is 43.8 Å².